The lowest BCUT2D eigenvalue weighted by molar-refractivity contribution is -0.122. The average molecular weight is 632 g/mol. The van der Waals surface area contributed by atoms with Gasteiger partial charge in [-0.25, -0.2) is 0 Å². The van der Waals surface area contributed by atoms with Crippen molar-refractivity contribution in [3.05, 3.63) is 81.5 Å². The predicted molar refractivity (Wildman–Crippen MR) is 173 cm³/mol. The monoisotopic (exact) mass is 630 g/mol. The van der Waals surface area contributed by atoms with Gasteiger partial charge in [0.05, 0.1) is 0 Å². The van der Waals surface area contributed by atoms with Crippen molar-refractivity contribution < 1.29 is 14.4 Å². The number of nitrogens with one attached hydrogen (secondary N) is 1. The number of Topliss-reactive ketones (excluding diaryl/α,β-unsaturated/α-hetero) is 1. The zero-order chi connectivity index (χ0) is 30.0. The standard InChI is InChI=1S/C36H43BrN2O3/c1-5-24-7-10-28-18-25(8-11-27(28)17-24)9-16-34(41)36-23(4)39(32-15-13-29(37)20-31(32)36)21-35(42)38-30-14-12-26(19-30)22(3)33(40)6-2/h6-7,10,13,15,17,20,22,25-26,30H,2,5,8-9,11-12,14,16,18-19,21H2,1,3-4H3,(H,38,42). The molecule has 5 nitrogen and oxygen atoms in total. The fraction of sp³-hybridized carbons (Fsp3) is 0.472. The molecule has 0 saturated heterocycles. The molecule has 1 heterocycles. The van der Waals surface area contributed by atoms with Crippen molar-refractivity contribution in [2.75, 3.05) is 0 Å². The summed E-state index contributed by atoms with van der Waals surface area (Å²) in [7, 11) is 0. The lowest BCUT2D eigenvalue weighted by Gasteiger charge is -2.25. The number of nitrogens with zero attached hydrogens (tertiary/aromatic N) is 1. The molecule has 2 aliphatic rings. The zero-order valence-electron chi connectivity index (χ0n) is 25.2. The highest BCUT2D eigenvalue weighted by molar-refractivity contribution is 9.10. The Morgan fingerprint density at radius 2 is 1.93 bits per heavy atom. The second-order valence-corrected chi connectivity index (χ2v) is 13.4. The molecule has 1 N–H and O–H groups in total. The number of carbonyl (C=O) groups excluding carboxylic acids is 3. The average Bonchev–Trinajstić information content (AvgIpc) is 3.56. The molecule has 1 saturated carbocycles. The molecule has 1 fully saturated rings. The smallest absolute Gasteiger partial charge is 0.240 e. The molecular formula is C36H43BrN2O3. The summed E-state index contributed by atoms with van der Waals surface area (Å²) in [5, 5.41) is 4.10. The number of halogens is 1. The van der Waals surface area contributed by atoms with Gasteiger partial charge in [-0.1, -0.05) is 54.6 Å². The van der Waals surface area contributed by atoms with Crippen LogP contribution in [0, 0.1) is 24.7 Å². The van der Waals surface area contributed by atoms with Gasteiger partial charge in [0, 0.05) is 45.0 Å². The third-order valence-corrected chi connectivity index (χ3v) is 10.3. The largest absolute Gasteiger partial charge is 0.352 e. The molecule has 42 heavy (non-hydrogen) atoms. The molecule has 0 aliphatic heterocycles. The van der Waals surface area contributed by atoms with Crippen molar-refractivity contribution >= 4 is 44.3 Å². The number of ketones is 2. The van der Waals surface area contributed by atoms with Crippen molar-refractivity contribution in [1.29, 1.82) is 0 Å². The number of hydrogen-bond acceptors (Lipinski definition) is 3. The first-order valence-corrected chi connectivity index (χ1v) is 16.4. The van der Waals surface area contributed by atoms with Crippen LogP contribution >= 0.6 is 15.9 Å². The molecule has 1 aromatic heterocycles. The van der Waals surface area contributed by atoms with Crippen LogP contribution in [0.2, 0.25) is 0 Å². The van der Waals surface area contributed by atoms with E-state index in [4.69, 9.17) is 0 Å². The fourth-order valence-electron chi connectivity index (χ4n) is 7.26. The van der Waals surface area contributed by atoms with E-state index >= 15 is 0 Å². The number of aryl methyl sites for hydroxylation is 2. The number of hydrogen-bond donors (Lipinski definition) is 1. The Morgan fingerprint density at radius 3 is 2.69 bits per heavy atom. The molecule has 4 atom stereocenters. The van der Waals surface area contributed by atoms with Gasteiger partial charge in [-0.15, -0.1) is 0 Å². The second-order valence-electron chi connectivity index (χ2n) is 12.5. The van der Waals surface area contributed by atoms with E-state index in [9.17, 15) is 14.4 Å². The van der Waals surface area contributed by atoms with Crippen LogP contribution in [-0.2, 0) is 35.4 Å². The summed E-state index contributed by atoms with van der Waals surface area (Å²) >= 11 is 3.59. The molecular weight excluding hydrogens is 588 g/mol. The predicted octanol–water partition coefficient (Wildman–Crippen LogP) is 7.72. The van der Waals surface area contributed by atoms with E-state index < -0.39 is 0 Å². The summed E-state index contributed by atoms with van der Waals surface area (Å²) in [5.74, 6) is 0.884. The van der Waals surface area contributed by atoms with Crippen LogP contribution in [0.15, 0.2) is 53.5 Å². The van der Waals surface area contributed by atoms with Gasteiger partial charge in [0.2, 0.25) is 5.91 Å². The molecule has 2 aromatic carbocycles. The minimum atomic E-state index is -0.0654. The molecule has 0 spiro atoms. The Morgan fingerprint density at radius 1 is 1.12 bits per heavy atom. The van der Waals surface area contributed by atoms with Gasteiger partial charge >= 0.3 is 0 Å². The summed E-state index contributed by atoms with van der Waals surface area (Å²) < 4.78 is 2.91. The molecule has 3 aromatic rings. The Labute approximate surface area is 258 Å². The van der Waals surface area contributed by atoms with E-state index in [2.05, 4.69) is 52.9 Å². The second kappa shape index (κ2) is 13.1. The minimum Gasteiger partial charge on any atom is -0.352 e. The lowest BCUT2D eigenvalue weighted by atomic mass is 9.80. The van der Waals surface area contributed by atoms with Crippen LogP contribution < -0.4 is 5.32 Å². The van der Waals surface area contributed by atoms with Gasteiger partial charge < -0.3 is 9.88 Å². The summed E-state index contributed by atoms with van der Waals surface area (Å²) in [6.45, 7) is 9.90. The van der Waals surface area contributed by atoms with Crippen molar-refractivity contribution in [3.8, 4) is 0 Å². The van der Waals surface area contributed by atoms with Crippen LogP contribution in [0.5, 0.6) is 0 Å². The van der Waals surface area contributed by atoms with Crippen molar-refractivity contribution in [2.45, 2.75) is 91.1 Å². The first kappa shape index (κ1) is 30.5. The highest BCUT2D eigenvalue weighted by atomic mass is 79.9. The van der Waals surface area contributed by atoms with E-state index in [0.29, 0.717) is 12.3 Å². The van der Waals surface area contributed by atoms with Crippen molar-refractivity contribution in [3.63, 3.8) is 0 Å². The van der Waals surface area contributed by atoms with Crippen LogP contribution in [0.4, 0.5) is 0 Å². The molecule has 0 bridgehead atoms. The van der Waals surface area contributed by atoms with Crippen LogP contribution in [0.3, 0.4) is 0 Å². The molecule has 0 radical (unpaired) electrons. The Kier molecular flexibility index (Phi) is 9.51. The van der Waals surface area contributed by atoms with Crippen molar-refractivity contribution in [1.82, 2.24) is 9.88 Å². The SMILES string of the molecule is C=CC(=O)C(C)C1CCC(NC(=O)Cn2c(C)c(C(=O)CCC3CCc4cc(CC)ccc4C3)c3cc(Br)ccc32)C1. The van der Waals surface area contributed by atoms with Crippen LogP contribution in [-0.4, -0.2) is 28.1 Å². The van der Waals surface area contributed by atoms with Gasteiger partial charge in [0.25, 0.3) is 0 Å². The fourth-order valence-corrected chi connectivity index (χ4v) is 7.62. The molecule has 2 aliphatic carbocycles. The normalized spacial score (nSPS) is 20.7. The molecule has 222 valence electrons. The van der Waals surface area contributed by atoms with Gasteiger partial charge in [-0.05, 0) is 111 Å². The summed E-state index contributed by atoms with van der Waals surface area (Å²) in [5.41, 5.74) is 6.80. The number of allylic oxidation sites excluding steroid dienone is 1. The third-order valence-electron chi connectivity index (χ3n) is 9.85. The quantitative estimate of drug-likeness (QED) is 0.174. The maximum atomic E-state index is 13.8. The highest BCUT2D eigenvalue weighted by Crippen LogP contribution is 2.34. The maximum absolute atomic E-state index is 13.8. The summed E-state index contributed by atoms with van der Waals surface area (Å²) in [6, 6.07) is 12.9. The molecule has 1 amide bonds. The molecule has 5 rings (SSSR count). The van der Waals surface area contributed by atoms with E-state index in [0.717, 1.165) is 78.0 Å². The number of carbonyl (C=O) groups is 3. The van der Waals surface area contributed by atoms with Crippen LogP contribution in [0.1, 0.15) is 85.1 Å². The topological polar surface area (TPSA) is 68.2 Å². The zero-order valence-corrected chi connectivity index (χ0v) is 26.8. The Bertz CT molecular complexity index is 1520. The van der Waals surface area contributed by atoms with E-state index in [1.807, 2.05) is 36.6 Å². The number of rotatable bonds is 11. The van der Waals surface area contributed by atoms with Crippen LogP contribution in [0.25, 0.3) is 10.9 Å². The maximum Gasteiger partial charge on any atom is 0.240 e. The molecule has 4 unspecified atom stereocenters. The number of benzene rings is 2. The Balaban J connectivity index is 1.26. The highest BCUT2D eigenvalue weighted by Gasteiger charge is 2.32. The first-order chi connectivity index (χ1) is 20.2. The number of aromatic nitrogens is 1. The third kappa shape index (κ3) is 6.49. The number of amides is 1. The minimum absolute atomic E-state index is 0.0580. The van der Waals surface area contributed by atoms with Gasteiger partial charge in [-0.2, -0.15) is 0 Å². The van der Waals surface area contributed by atoms with E-state index in [-0.39, 0.29) is 41.9 Å². The summed E-state index contributed by atoms with van der Waals surface area (Å²) in [6.07, 6.45) is 9.73. The first-order valence-electron chi connectivity index (χ1n) is 15.6. The lowest BCUT2D eigenvalue weighted by Crippen LogP contribution is -2.36. The van der Waals surface area contributed by atoms with Gasteiger partial charge in [0.1, 0.15) is 6.54 Å². The van der Waals surface area contributed by atoms with Crippen molar-refractivity contribution in [2.24, 2.45) is 17.8 Å². The van der Waals surface area contributed by atoms with E-state index in [1.54, 1.807) is 0 Å². The summed E-state index contributed by atoms with van der Waals surface area (Å²) in [4.78, 5) is 39.1. The van der Waals surface area contributed by atoms with E-state index in [1.165, 1.54) is 22.8 Å². The number of fused-ring (bicyclic) bond motifs is 2. The Hall–Kier alpha value is -2.99. The molecule has 6 heteroatoms. The van der Waals surface area contributed by atoms with Gasteiger partial charge in [0.15, 0.2) is 11.6 Å². The van der Waals surface area contributed by atoms with Gasteiger partial charge in [-0.3, -0.25) is 14.4 Å².